The van der Waals surface area contributed by atoms with Gasteiger partial charge in [-0.1, -0.05) is 18.6 Å². The molecule has 0 amide bonds. The summed E-state index contributed by atoms with van der Waals surface area (Å²) in [5, 5.41) is 9.05. The minimum absolute atomic E-state index is 0.0919. The third kappa shape index (κ3) is 4.20. The van der Waals surface area contributed by atoms with E-state index in [1.54, 1.807) is 0 Å². The van der Waals surface area contributed by atoms with Crippen molar-refractivity contribution in [2.24, 2.45) is 0 Å². The predicted molar refractivity (Wildman–Crippen MR) is 71.9 cm³/mol. The first kappa shape index (κ1) is 15.8. The molecule has 21 heavy (non-hydrogen) atoms. The van der Waals surface area contributed by atoms with Gasteiger partial charge in [-0.3, -0.25) is 9.69 Å². The molecule has 0 bridgehead atoms. The van der Waals surface area contributed by atoms with Crippen LogP contribution in [-0.4, -0.2) is 29.1 Å². The molecule has 6 heteroatoms. The zero-order valence-electron chi connectivity index (χ0n) is 11.6. The summed E-state index contributed by atoms with van der Waals surface area (Å²) in [6.07, 6.45) is -1.35. The van der Waals surface area contributed by atoms with Gasteiger partial charge in [0.2, 0.25) is 0 Å². The van der Waals surface area contributed by atoms with E-state index in [0.717, 1.165) is 44.5 Å². The maximum Gasteiger partial charge on any atom is 0.416 e. The second-order valence-electron chi connectivity index (χ2n) is 5.33. The zero-order valence-corrected chi connectivity index (χ0v) is 11.6. The fourth-order valence-corrected chi connectivity index (χ4v) is 2.75. The van der Waals surface area contributed by atoms with E-state index in [-0.39, 0.29) is 12.5 Å². The van der Waals surface area contributed by atoms with Gasteiger partial charge in [0.25, 0.3) is 0 Å². The molecular weight excluding hydrogens is 283 g/mol. The Labute approximate surface area is 121 Å². The van der Waals surface area contributed by atoms with Gasteiger partial charge in [0, 0.05) is 6.04 Å². The van der Waals surface area contributed by atoms with Gasteiger partial charge in [-0.15, -0.1) is 0 Å². The van der Waals surface area contributed by atoms with Crippen LogP contribution >= 0.6 is 0 Å². The number of alkyl halides is 3. The number of likely N-dealkylation sites (tertiary alicyclic amines) is 1. The van der Waals surface area contributed by atoms with Crippen molar-refractivity contribution >= 4 is 5.97 Å². The van der Waals surface area contributed by atoms with Gasteiger partial charge in [-0.2, -0.15) is 13.2 Å². The van der Waals surface area contributed by atoms with Gasteiger partial charge in [-0.05, 0) is 43.6 Å². The average molecular weight is 301 g/mol. The van der Waals surface area contributed by atoms with E-state index in [2.05, 4.69) is 4.90 Å². The lowest BCUT2D eigenvalue weighted by molar-refractivity contribution is -0.139. The maximum atomic E-state index is 12.6. The number of hydrogen-bond acceptors (Lipinski definition) is 2. The second-order valence-corrected chi connectivity index (χ2v) is 5.33. The summed E-state index contributed by atoms with van der Waals surface area (Å²) in [5.74, 6) is -0.939. The van der Waals surface area contributed by atoms with Crippen molar-refractivity contribution in [2.75, 3.05) is 13.1 Å². The smallest absolute Gasteiger partial charge is 0.416 e. The number of rotatable bonds is 4. The number of piperidine rings is 1. The molecule has 1 fully saturated rings. The Morgan fingerprint density at radius 1 is 1.14 bits per heavy atom. The Hall–Kier alpha value is -1.56. The third-order valence-corrected chi connectivity index (χ3v) is 3.82. The molecule has 1 unspecified atom stereocenters. The first-order valence-electron chi connectivity index (χ1n) is 7.01. The minimum atomic E-state index is -4.37. The molecular formula is C15H18F3NO2. The molecule has 1 aromatic carbocycles. The molecule has 1 aliphatic rings. The van der Waals surface area contributed by atoms with Crippen LogP contribution in [0.15, 0.2) is 24.3 Å². The van der Waals surface area contributed by atoms with Crippen LogP contribution in [0.25, 0.3) is 0 Å². The van der Waals surface area contributed by atoms with Gasteiger partial charge in [0.15, 0.2) is 0 Å². The first-order chi connectivity index (χ1) is 9.88. The van der Waals surface area contributed by atoms with Gasteiger partial charge in [-0.25, -0.2) is 0 Å². The topological polar surface area (TPSA) is 40.5 Å². The highest BCUT2D eigenvalue weighted by Gasteiger charge is 2.31. The largest absolute Gasteiger partial charge is 0.481 e. The van der Waals surface area contributed by atoms with Crippen LogP contribution in [-0.2, 0) is 11.0 Å². The number of carbonyl (C=O) groups is 1. The normalized spacial score (nSPS) is 18.4. The molecule has 0 spiro atoms. The molecule has 0 aliphatic carbocycles. The number of nitrogens with zero attached hydrogens (tertiary/aromatic N) is 1. The van der Waals surface area contributed by atoms with Gasteiger partial charge in [0.05, 0.1) is 12.0 Å². The highest BCUT2D eigenvalue weighted by molar-refractivity contribution is 5.68. The molecule has 2 rings (SSSR count). The predicted octanol–water partition coefficient (Wildman–Crippen LogP) is 3.71. The van der Waals surface area contributed by atoms with E-state index in [1.165, 1.54) is 12.1 Å². The SMILES string of the molecule is O=C(O)CC(c1ccc(C(F)(F)F)cc1)N1CCCCC1. The average Bonchev–Trinajstić information content (AvgIpc) is 2.45. The Balaban J connectivity index is 2.21. The van der Waals surface area contributed by atoms with E-state index in [0.29, 0.717) is 5.56 Å². The van der Waals surface area contributed by atoms with E-state index >= 15 is 0 Å². The summed E-state index contributed by atoms with van der Waals surface area (Å²) >= 11 is 0. The van der Waals surface area contributed by atoms with E-state index in [9.17, 15) is 18.0 Å². The Bertz CT molecular complexity index is 479. The van der Waals surface area contributed by atoms with Gasteiger partial charge in [0.1, 0.15) is 0 Å². The molecule has 116 valence electrons. The van der Waals surface area contributed by atoms with Crippen molar-refractivity contribution < 1.29 is 23.1 Å². The van der Waals surface area contributed by atoms with Crippen LogP contribution in [0.4, 0.5) is 13.2 Å². The highest BCUT2D eigenvalue weighted by Crippen LogP contribution is 2.32. The fourth-order valence-electron chi connectivity index (χ4n) is 2.75. The standard InChI is InChI=1S/C15H18F3NO2/c16-15(17,18)12-6-4-11(5-7-12)13(10-14(20)21)19-8-2-1-3-9-19/h4-7,13H,1-3,8-10H2,(H,20,21). The van der Waals surface area contributed by atoms with Crippen LogP contribution in [0, 0.1) is 0 Å². The van der Waals surface area contributed by atoms with Crippen molar-refractivity contribution in [3.8, 4) is 0 Å². The Kier molecular flexibility index (Phi) is 4.88. The van der Waals surface area contributed by atoms with E-state index in [1.807, 2.05) is 0 Å². The molecule has 3 nitrogen and oxygen atoms in total. The monoisotopic (exact) mass is 301 g/mol. The number of aliphatic carboxylic acids is 1. The van der Waals surface area contributed by atoms with Gasteiger partial charge >= 0.3 is 12.1 Å². The third-order valence-electron chi connectivity index (χ3n) is 3.82. The van der Waals surface area contributed by atoms with Crippen LogP contribution in [0.3, 0.4) is 0 Å². The number of hydrogen-bond donors (Lipinski definition) is 1. The Morgan fingerprint density at radius 2 is 1.71 bits per heavy atom. The van der Waals surface area contributed by atoms with E-state index in [4.69, 9.17) is 5.11 Å². The summed E-state index contributed by atoms with van der Waals surface area (Å²) in [6.45, 7) is 1.58. The van der Waals surface area contributed by atoms with Crippen molar-refractivity contribution in [2.45, 2.75) is 37.9 Å². The fraction of sp³-hybridized carbons (Fsp3) is 0.533. The second kappa shape index (κ2) is 6.47. The molecule has 1 aliphatic heterocycles. The number of halogens is 3. The first-order valence-corrected chi connectivity index (χ1v) is 7.01. The van der Waals surface area contributed by atoms with Crippen LogP contribution in [0.5, 0.6) is 0 Å². The molecule has 1 saturated heterocycles. The molecule has 0 radical (unpaired) electrons. The van der Waals surface area contributed by atoms with Crippen molar-refractivity contribution in [3.05, 3.63) is 35.4 Å². The number of benzene rings is 1. The lowest BCUT2D eigenvalue weighted by atomic mass is 9.98. The van der Waals surface area contributed by atoms with E-state index < -0.39 is 17.7 Å². The summed E-state index contributed by atoms with van der Waals surface area (Å²) < 4.78 is 37.7. The molecule has 1 aromatic rings. The molecule has 1 heterocycles. The zero-order chi connectivity index (χ0) is 15.5. The molecule has 0 saturated carbocycles. The van der Waals surface area contributed by atoms with Crippen LogP contribution < -0.4 is 0 Å². The quantitative estimate of drug-likeness (QED) is 0.921. The molecule has 1 atom stereocenters. The lowest BCUT2D eigenvalue weighted by Gasteiger charge is -2.34. The summed E-state index contributed by atoms with van der Waals surface area (Å²) in [6, 6.07) is 4.48. The highest BCUT2D eigenvalue weighted by atomic mass is 19.4. The molecule has 1 N–H and O–H groups in total. The van der Waals surface area contributed by atoms with Crippen molar-refractivity contribution in [3.63, 3.8) is 0 Å². The van der Waals surface area contributed by atoms with Crippen molar-refractivity contribution in [1.82, 2.24) is 4.90 Å². The number of carboxylic acids is 1. The van der Waals surface area contributed by atoms with Crippen LogP contribution in [0.1, 0.15) is 42.9 Å². The summed E-state index contributed by atoms with van der Waals surface area (Å²) in [4.78, 5) is 13.1. The maximum absolute atomic E-state index is 12.6. The minimum Gasteiger partial charge on any atom is -0.481 e. The lowest BCUT2D eigenvalue weighted by Crippen LogP contribution is -2.35. The summed E-state index contributed by atoms with van der Waals surface area (Å²) in [7, 11) is 0. The summed E-state index contributed by atoms with van der Waals surface area (Å²) in [5.41, 5.74) is -0.0775. The van der Waals surface area contributed by atoms with Crippen molar-refractivity contribution in [1.29, 1.82) is 0 Å². The Morgan fingerprint density at radius 3 is 2.19 bits per heavy atom. The van der Waals surface area contributed by atoms with Gasteiger partial charge < -0.3 is 5.11 Å². The van der Waals surface area contributed by atoms with Crippen LogP contribution in [0.2, 0.25) is 0 Å². The number of carboxylic acid groups (broad SMARTS) is 1. The molecule has 0 aromatic heterocycles.